The van der Waals surface area contributed by atoms with Crippen LogP contribution in [0.4, 0.5) is 16.4 Å². The summed E-state index contributed by atoms with van der Waals surface area (Å²) in [5.74, 6) is 0.230. The number of amides is 1. The van der Waals surface area contributed by atoms with Gasteiger partial charge in [0.05, 0.1) is 29.1 Å². The van der Waals surface area contributed by atoms with Crippen molar-refractivity contribution in [2.45, 2.75) is 59.1 Å². The van der Waals surface area contributed by atoms with Gasteiger partial charge >= 0.3 is 6.09 Å². The molecule has 0 aliphatic heterocycles. The molecule has 2 aromatic heterocycles. The standard InChI is InChI=1S/C21H24BN5O2/c1-12-8-14-10-23-19(25-17(14)9-16(12)22)26(20(28)29-21(3,4)5)18-11-24-27(13(18)2)15-6-7-15/h8-11,15H,6-7H2,1-5H3. The van der Waals surface area contributed by atoms with E-state index in [1.807, 2.05) is 45.4 Å². The molecule has 8 heteroatoms. The molecule has 1 aliphatic rings. The van der Waals surface area contributed by atoms with Crippen LogP contribution < -0.4 is 10.4 Å². The maximum absolute atomic E-state index is 13.1. The van der Waals surface area contributed by atoms with Crippen LogP contribution in [0, 0.1) is 13.8 Å². The third-order valence-electron chi connectivity index (χ3n) is 4.88. The zero-order chi connectivity index (χ0) is 20.9. The predicted octanol–water partition coefficient (Wildman–Crippen LogP) is 3.65. The highest BCUT2D eigenvalue weighted by atomic mass is 16.6. The van der Waals surface area contributed by atoms with E-state index in [0.717, 1.165) is 29.5 Å². The first-order valence-corrected chi connectivity index (χ1v) is 9.74. The Morgan fingerprint density at radius 2 is 1.97 bits per heavy atom. The minimum atomic E-state index is -0.659. The molecule has 148 valence electrons. The Hall–Kier alpha value is -2.90. The van der Waals surface area contributed by atoms with Gasteiger partial charge in [0.2, 0.25) is 5.95 Å². The van der Waals surface area contributed by atoms with Crippen LogP contribution in [0.3, 0.4) is 0 Å². The van der Waals surface area contributed by atoms with E-state index >= 15 is 0 Å². The molecule has 0 N–H and O–H groups in total. The molecule has 0 atom stereocenters. The van der Waals surface area contributed by atoms with Crippen molar-refractivity contribution in [3.63, 3.8) is 0 Å². The lowest BCUT2D eigenvalue weighted by atomic mass is 9.90. The van der Waals surface area contributed by atoms with Gasteiger partial charge < -0.3 is 4.74 Å². The molecular formula is C21H24BN5O2. The Bertz CT molecular complexity index is 1100. The normalized spacial score (nSPS) is 14.2. The van der Waals surface area contributed by atoms with Crippen LogP contribution in [0.5, 0.6) is 0 Å². The van der Waals surface area contributed by atoms with Gasteiger partial charge in [-0.05, 0) is 59.6 Å². The summed E-state index contributed by atoms with van der Waals surface area (Å²) < 4.78 is 7.60. The largest absolute Gasteiger partial charge is 0.443 e. The lowest BCUT2D eigenvalue weighted by Gasteiger charge is -2.26. The zero-order valence-electron chi connectivity index (χ0n) is 17.4. The summed E-state index contributed by atoms with van der Waals surface area (Å²) in [5, 5.41) is 5.34. The second-order valence-corrected chi connectivity index (χ2v) is 8.54. The third-order valence-corrected chi connectivity index (χ3v) is 4.88. The third kappa shape index (κ3) is 3.84. The van der Waals surface area contributed by atoms with E-state index in [0.29, 0.717) is 22.7 Å². The minimum absolute atomic E-state index is 0.230. The van der Waals surface area contributed by atoms with Crippen LogP contribution >= 0.6 is 0 Å². The van der Waals surface area contributed by atoms with E-state index in [1.165, 1.54) is 4.90 Å². The number of nitrogens with zero attached hydrogens (tertiary/aromatic N) is 5. The second kappa shape index (κ2) is 6.86. The SMILES string of the molecule is [B]c1cc2nc(N(C(=O)OC(C)(C)C)c3cnn(C4CC4)c3C)ncc2cc1C. The Balaban J connectivity index is 1.82. The molecule has 2 heterocycles. The lowest BCUT2D eigenvalue weighted by Crippen LogP contribution is -2.35. The van der Waals surface area contributed by atoms with Gasteiger partial charge in [0.15, 0.2) is 0 Å². The second-order valence-electron chi connectivity index (χ2n) is 8.54. The molecule has 1 aliphatic carbocycles. The van der Waals surface area contributed by atoms with E-state index in [9.17, 15) is 4.79 Å². The average molecular weight is 389 g/mol. The fraction of sp³-hybridized carbons (Fsp3) is 0.429. The van der Waals surface area contributed by atoms with Gasteiger partial charge in [0.1, 0.15) is 13.4 Å². The van der Waals surface area contributed by atoms with Crippen molar-refractivity contribution in [1.29, 1.82) is 0 Å². The van der Waals surface area contributed by atoms with Crippen molar-refractivity contribution in [2.75, 3.05) is 4.90 Å². The summed E-state index contributed by atoms with van der Waals surface area (Å²) >= 11 is 0. The number of aromatic nitrogens is 4. The molecule has 1 fully saturated rings. The molecule has 1 aromatic carbocycles. The number of ether oxygens (including phenoxy) is 1. The van der Waals surface area contributed by atoms with Gasteiger partial charge in [-0.15, -0.1) is 0 Å². The van der Waals surface area contributed by atoms with Crippen molar-refractivity contribution in [1.82, 2.24) is 19.7 Å². The van der Waals surface area contributed by atoms with Crippen LogP contribution in [0.15, 0.2) is 24.5 Å². The van der Waals surface area contributed by atoms with E-state index in [1.54, 1.807) is 18.5 Å². The summed E-state index contributed by atoms with van der Waals surface area (Å²) in [7, 11) is 6.05. The summed E-state index contributed by atoms with van der Waals surface area (Å²) in [4.78, 5) is 23.6. The van der Waals surface area contributed by atoms with Crippen molar-refractivity contribution >= 4 is 41.9 Å². The molecule has 1 saturated carbocycles. The van der Waals surface area contributed by atoms with Gasteiger partial charge in [0.25, 0.3) is 0 Å². The maximum Gasteiger partial charge on any atom is 0.422 e. The van der Waals surface area contributed by atoms with Crippen molar-refractivity contribution in [3.05, 3.63) is 35.8 Å². The first kappa shape index (κ1) is 19.4. The highest BCUT2D eigenvalue weighted by molar-refractivity contribution is 6.34. The molecule has 0 spiro atoms. The fourth-order valence-corrected chi connectivity index (χ4v) is 3.22. The Morgan fingerprint density at radius 1 is 1.24 bits per heavy atom. The predicted molar refractivity (Wildman–Crippen MR) is 113 cm³/mol. The quantitative estimate of drug-likeness (QED) is 0.640. The first-order chi connectivity index (χ1) is 13.6. The van der Waals surface area contributed by atoms with E-state index in [2.05, 4.69) is 15.1 Å². The highest BCUT2D eigenvalue weighted by Gasteiger charge is 2.32. The molecule has 1 amide bonds. The summed E-state index contributed by atoms with van der Waals surface area (Å²) in [6, 6.07) is 4.12. The molecule has 0 unspecified atom stereocenters. The number of hydrogen-bond donors (Lipinski definition) is 0. The minimum Gasteiger partial charge on any atom is -0.443 e. The Kier molecular flexibility index (Phi) is 4.60. The summed E-state index contributed by atoms with van der Waals surface area (Å²) in [5.41, 5.74) is 3.10. The van der Waals surface area contributed by atoms with E-state index in [4.69, 9.17) is 12.6 Å². The monoisotopic (exact) mass is 389 g/mol. The highest BCUT2D eigenvalue weighted by Crippen LogP contribution is 2.38. The topological polar surface area (TPSA) is 73.1 Å². The van der Waals surface area contributed by atoms with Gasteiger partial charge in [-0.25, -0.2) is 19.7 Å². The fourth-order valence-electron chi connectivity index (χ4n) is 3.22. The molecule has 4 rings (SSSR count). The van der Waals surface area contributed by atoms with Crippen LogP contribution in [0.2, 0.25) is 0 Å². The molecule has 0 saturated heterocycles. The number of carbonyl (C=O) groups excluding carboxylic acids is 1. The molecule has 3 aromatic rings. The number of aryl methyl sites for hydroxylation is 1. The van der Waals surface area contributed by atoms with Gasteiger partial charge in [-0.1, -0.05) is 11.0 Å². The van der Waals surface area contributed by atoms with E-state index in [-0.39, 0.29) is 5.95 Å². The van der Waals surface area contributed by atoms with Gasteiger partial charge in [-0.3, -0.25) is 4.68 Å². The smallest absolute Gasteiger partial charge is 0.422 e. The number of benzene rings is 1. The zero-order valence-corrected chi connectivity index (χ0v) is 17.4. The van der Waals surface area contributed by atoms with E-state index < -0.39 is 11.7 Å². The Morgan fingerprint density at radius 3 is 2.62 bits per heavy atom. The van der Waals surface area contributed by atoms with Crippen molar-refractivity contribution < 1.29 is 9.53 Å². The lowest BCUT2D eigenvalue weighted by molar-refractivity contribution is 0.0597. The number of fused-ring (bicyclic) bond motifs is 1. The summed E-state index contributed by atoms with van der Waals surface area (Å²) in [6.07, 6.45) is 5.02. The van der Waals surface area contributed by atoms with Crippen LogP contribution in [0.25, 0.3) is 10.9 Å². The number of carbonyl (C=O) groups is 1. The summed E-state index contributed by atoms with van der Waals surface area (Å²) in [6.45, 7) is 9.36. The number of rotatable bonds is 3. The Labute approximate surface area is 171 Å². The average Bonchev–Trinajstić information content (AvgIpc) is 3.39. The molecular weight excluding hydrogens is 365 g/mol. The molecule has 7 nitrogen and oxygen atoms in total. The van der Waals surface area contributed by atoms with Crippen molar-refractivity contribution in [2.24, 2.45) is 0 Å². The van der Waals surface area contributed by atoms with Crippen LogP contribution in [0.1, 0.15) is 50.9 Å². The van der Waals surface area contributed by atoms with Gasteiger partial charge in [0, 0.05) is 11.6 Å². The number of hydrogen-bond acceptors (Lipinski definition) is 5. The number of anilines is 2. The molecule has 0 bridgehead atoms. The molecule has 29 heavy (non-hydrogen) atoms. The van der Waals surface area contributed by atoms with Crippen LogP contribution in [-0.2, 0) is 4.74 Å². The van der Waals surface area contributed by atoms with Gasteiger partial charge in [-0.2, -0.15) is 5.10 Å². The molecule has 2 radical (unpaired) electrons. The van der Waals surface area contributed by atoms with Crippen LogP contribution in [-0.4, -0.2) is 39.3 Å². The maximum atomic E-state index is 13.1. The first-order valence-electron chi connectivity index (χ1n) is 9.74. The van der Waals surface area contributed by atoms with Crippen molar-refractivity contribution in [3.8, 4) is 0 Å².